The van der Waals surface area contributed by atoms with E-state index in [0.717, 1.165) is 0 Å². The lowest BCUT2D eigenvalue weighted by Crippen LogP contribution is -2.78. The van der Waals surface area contributed by atoms with E-state index in [4.69, 9.17) is 14.2 Å². The minimum absolute atomic E-state index is 0.0428. The van der Waals surface area contributed by atoms with Crippen LogP contribution in [0.25, 0.3) is 0 Å². The Bertz CT molecular complexity index is 812. The predicted octanol–water partition coefficient (Wildman–Crippen LogP) is 0.549. The Balaban J connectivity index is 1.68. The molecule has 2 aliphatic carbocycles. The number of carbonyl (C=O) groups excluding carboxylic acids is 2. The predicted molar refractivity (Wildman–Crippen MR) is 89.1 cm³/mol. The Morgan fingerprint density at radius 1 is 1.07 bits per heavy atom. The molecule has 0 radical (unpaired) electrons. The topological polar surface area (TPSA) is 102 Å². The molecule has 11 atom stereocenters. The van der Waals surface area contributed by atoms with Gasteiger partial charge in [-0.3, -0.25) is 9.59 Å². The molecular formula is C20H26O7. The number of rotatable bonds is 0. The molecule has 7 aliphatic rings. The first-order chi connectivity index (χ1) is 12.5. The van der Waals surface area contributed by atoms with E-state index in [0.29, 0.717) is 19.3 Å². The fourth-order valence-corrected chi connectivity index (χ4v) is 7.92. The first-order valence-corrected chi connectivity index (χ1v) is 10.0. The van der Waals surface area contributed by atoms with Crippen molar-refractivity contribution in [2.45, 2.75) is 81.3 Å². The smallest absolute Gasteiger partial charge is 0.318 e. The van der Waals surface area contributed by atoms with Crippen molar-refractivity contribution in [3.05, 3.63) is 0 Å². The summed E-state index contributed by atoms with van der Waals surface area (Å²) in [7, 11) is 0. The average molecular weight is 378 g/mol. The second kappa shape index (κ2) is 4.13. The largest absolute Gasteiger partial charge is 0.455 e. The monoisotopic (exact) mass is 378 g/mol. The van der Waals surface area contributed by atoms with Gasteiger partial charge in [-0.05, 0) is 39.0 Å². The highest BCUT2D eigenvalue weighted by Gasteiger charge is 2.91. The molecular weight excluding hydrogens is 352 g/mol. The van der Waals surface area contributed by atoms with Crippen LogP contribution in [0.5, 0.6) is 0 Å². The zero-order valence-corrected chi connectivity index (χ0v) is 16.0. The molecule has 148 valence electrons. The van der Waals surface area contributed by atoms with E-state index in [1.165, 1.54) is 0 Å². The highest BCUT2D eigenvalue weighted by atomic mass is 16.7. The van der Waals surface area contributed by atoms with Gasteiger partial charge in [-0.2, -0.15) is 0 Å². The third-order valence-corrected chi connectivity index (χ3v) is 9.20. The van der Waals surface area contributed by atoms with Crippen molar-refractivity contribution < 1.29 is 34.0 Å². The number of esters is 1. The number of hydrogen-bond donors (Lipinski definition) is 2. The zero-order valence-electron chi connectivity index (χ0n) is 16.0. The SMILES string of the molecule is C[C@H]1C[C@]2(C)O[C@@]1(O)C1C(=O)O[C@]34C[C@H](C)[C@]5(C)O[C@@]13C(C[C@H]4C5O)C2=O. The molecule has 0 aromatic carbocycles. The molecule has 5 saturated heterocycles. The summed E-state index contributed by atoms with van der Waals surface area (Å²) in [4.78, 5) is 26.9. The van der Waals surface area contributed by atoms with Crippen LogP contribution >= 0.6 is 0 Å². The lowest BCUT2D eigenvalue weighted by Gasteiger charge is -2.64. The van der Waals surface area contributed by atoms with Crippen molar-refractivity contribution in [2.75, 3.05) is 0 Å². The summed E-state index contributed by atoms with van der Waals surface area (Å²) in [5, 5.41) is 22.7. The number of aliphatic hydroxyl groups is 2. The van der Waals surface area contributed by atoms with Crippen LogP contribution in [0.4, 0.5) is 0 Å². The van der Waals surface area contributed by atoms with Crippen molar-refractivity contribution in [2.24, 2.45) is 29.6 Å². The van der Waals surface area contributed by atoms with E-state index in [-0.39, 0.29) is 17.6 Å². The fourth-order valence-electron chi connectivity index (χ4n) is 7.92. The van der Waals surface area contributed by atoms with Crippen molar-refractivity contribution in [1.82, 2.24) is 0 Å². The van der Waals surface area contributed by atoms with Crippen LogP contribution in [-0.4, -0.2) is 56.3 Å². The van der Waals surface area contributed by atoms with Crippen LogP contribution in [-0.2, 0) is 23.8 Å². The minimum atomic E-state index is -1.81. The van der Waals surface area contributed by atoms with Crippen LogP contribution in [0.3, 0.4) is 0 Å². The van der Waals surface area contributed by atoms with Gasteiger partial charge in [0.15, 0.2) is 11.6 Å². The maximum Gasteiger partial charge on any atom is 0.318 e. The van der Waals surface area contributed by atoms with Crippen molar-refractivity contribution >= 4 is 11.8 Å². The average Bonchev–Trinajstić information content (AvgIpc) is 3.01. The molecule has 7 fully saturated rings. The Kier molecular flexibility index (Phi) is 2.58. The Morgan fingerprint density at radius 2 is 1.78 bits per heavy atom. The van der Waals surface area contributed by atoms with Gasteiger partial charge in [0.25, 0.3) is 0 Å². The van der Waals surface area contributed by atoms with Crippen molar-refractivity contribution in [1.29, 1.82) is 0 Å². The summed E-state index contributed by atoms with van der Waals surface area (Å²) in [5.74, 6) is -5.04. The molecule has 2 saturated carbocycles. The van der Waals surface area contributed by atoms with Gasteiger partial charge in [-0.15, -0.1) is 0 Å². The Morgan fingerprint density at radius 3 is 2.48 bits per heavy atom. The van der Waals surface area contributed by atoms with Gasteiger partial charge in [-0.25, -0.2) is 0 Å². The fraction of sp³-hybridized carbons (Fsp3) is 0.900. The molecule has 27 heavy (non-hydrogen) atoms. The lowest BCUT2D eigenvalue weighted by molar-refractivity contribution is -0.370. The number of hydrogen-bond acceptors (Lipinski definition) is 7. The number of ketones is 1. The van der Waals surface area contributed by atoms with Crippen LogP contribution in [0.1, 0.15) is 47.0 Å². The summed E-state index contributed by atoms with van der Waals surface area (Å²) < 4.78 is 18.6. The third kappa shape index (κ3) is 1.35. The molecule has 0 aromatic rings. The van der Waals surface area contributed by atoms with Crippen LogP contribution in [0, 0.1) is 29.6 Å². The van der Waals surface area contributed by atoms with Gasteiger partial charge >= 0.3 is 5.97 Å². The van der Waals surface area contributed by atoms with Crippen LogP contribution in [0.2, 0.25) is 0 Å². The van der Waals surface area contributed by atoms with Crippen molar-refractivity contribution in [3.63, 3.8) is 0 Å². The Hall–Kier alpha value is -1.02. The lowest BCUT2D eigenvalue weighted by atomic mass is 9.54. The van der Waals surface area contributed by atoms with E-state index >= 15 is 0 Å². The summed E-state index contributed by atoms with van der Waals surface area (Å²) in [6.07, 6.45) is 0.456. The molecule has 2 N–H and O–H groups in total. The molecule has 7 nitrogen and oxygen atoms in total. The van der Waals surface area contributed by atoms with E-state index < -0.39 is 58.0 Å². The van der Waals surface area contributed by atoms with Crippen LogP contribution < -0.4 is 0 Å². The number of aliphatic hydroxyl groups excluding tert-OH is 1. The summed E-state index contributed by atoms with van der Waals surface area (Å²) in [6, 6.07) is 0. The highest BCUT2D eigenvalue weighted by molar-refractivity contribution is 5.95. The molecule has 7 heteroatoms. The normalized spacial score (nSPS) is 68.1. The summed E-state index contributed by atoms with van der Waals surface area (Å²) in [5.41, 5.74) is -4.40. The summed E-state index contributed by atoms with van der Waals surface area (Å²) >= 11 is 0. The van der Waals surface area contributed by atoms with Crippen LogP contribution in [0.15, 0.2) is 0 Å². The molecule has 5 heterocycles. The standard InChI is InChI=1S/C20H26O7/c1-8-7-18-10-5-11-13(21)16(3)6-9(2)20(24,26-16)12(15(23)25-18)19(11,18)27-17(8,4)14(10)22/h8-12,14,22,24H,5-7H2,1-4H3/t8-,9-,10-,11?,12?,14?,16-,17-,18-,19-,20+/m0/s1. The van der Waals surface area contributed by atoms with Gasteiger partial charge in [-0.1, -0.05) is 13.8 Å². The second-order valence-electron chi connectivity index (χ2n) is 10.3. The third-order valence-electron chi connectivity index (χ3n) is 9.20. The molecule has 5 aliphatic heterocycles. The maximum atomic E-state index is 13.7. The number of carbonyl (C=O) groups is 2. The molecule has 3 unspecified atom stereocenters. The quantitative estimate of drug-likeness (QED) is 0.594. The van der Waals surface area contributed by atoms with Gasteiger partial charge in [0.1, 0.15) is 22.7 Å². The van der Waals surface area contributed by atoms with E-state index in [2.05, 4.69) is 0 Å². The Labute approximate surface area is 157 Å². The van der Waals surface area contributed by atoms with Gasteiger partial charge < -0.3 is 24.4 Å². The minimum Gasteiger partial charge on any atom is -0.455 e. The molecule has 6 bridgehead atoms. The first kappa shape index (κ1) is 16.9. The van der Waals surface area contributed by atoms with Crippen molar-refractivity contribution in [3.8, 4) is 0 Å². The first-order valence-electron chi connectivity index (χ1n) is 10.0. The van der Waals surface area contributed by atoms with Gasteiger partial charge in [0, 0.05) is 11.8 Å². The highest BCUT2D eigenvalue weighted by Crippen LogP contribution is 2.76. The van der Waals surface area contributed by atoms with E-state index in [1.807, 2.05) is 13.8 Å². The van der Waals surface area contributed by atoms with E-state index in [9.17, 15) is 19.8 Å². The number of fused-ring (bicyclic) bond motifs is 4. The van der Waals surface area contributed by atoms with E-state index in [1.54, 1.807) is 13.8 Å². The molecule has 0 aromatic heterocycles. The van der Waals surface area contributed by atoms with Gasteiger partial charge in [0.05, 0.1) is 17.6 Å². The molecule has 0 amide bonds. The summed E-state index contributed by atoms with van der Waals surface area (Å²) in [6.45, 7) is 7.36. The van der Waals surface area contributed by atoms with Gasteiger partial charge in [0.2, 0.25) is 0 Å². The molecule has 7 rings (SSSR count). The number of ether oxygens (including phenoxy) is 3. The second-order valence-corrected chi connectivity index (χ2v) is 10.3. The molecule has 2 spiro atoms. The number of Topliss-reactive ketones (excluding diaryl/α,β-unsaturated/α-hetero) is 1. The maximum absolute atomic E-state index is 13.7. The zero-order chi connectivity index (χ0) is 19.4.